The quantitative estimate of drug-likeness (QED) is 0.490. The molecule has 3 N–H and O–H groups in total. The van der Waals surface area contributed by atoms with Crippen LogP contribution in [0.2, 0.25) is 0 Å². The molecule has 31 heavy (non-hydrogen) atoms. The molecule has 1 heterocycles. The minimum Gasteiger partial charge on any atom is -0.326 e. The van der Waals surface area contributed by atoms with Gasteiger partial charge < -0.3 is 10.6 Å². The van der Waals surface area contributed by atoms with Gasteiger partial charge in [-0.3, -0.25) is 9.59 Å². The Morgan fingerprint density at radius 3 is 2.42 bits per heavy atom. The summed E-state index contributed by atoms with van der Waals surface area (Å²) in [6.45, 7) is 2.65. The SMILES string of the molecule is CC(=O)Nc1ccc(S(=O)(=O)N[C@@H](C)C(=O)Nc2cc(-n3cnnn3)ccc2F)cc1. The Morgan fingerprint density at radius 2 is 1.81 bits per heavy atom. The fraction of sp³-hybridized carbons (Fsp3) is 0.167. The second-order valence-corrected chi connectivity index (χ2v) is 8.17. The van der Waals surface area contributed by atoms with Gasteiger partial charge >= 0.3 is 0 Å². The van der Waals surface area contributed by atoms with Crippen molar-refractivity contribution in [3.63, 3.8) is 0 Å². The number of sulfonamides is 1. The lowest BCUT2D eigenvalue weighted by Crippen LogP contribution is -2.41. The molecule has 2 amide bonds. The van der Waals surface area contributed by atoms with E-state index in [0.717, 1.165) is 6.07 Å². The minimum absolute atomic E-state index is 0.104. The van der Waals surface area contributed by atoms with Gasteiger partial charge in [0.15, 0.2) is 0 Å². The molecule has 0 bridgehead atoms. The van der Waals surface area contributed by atoms with E-state index in [0.29, 0.717) is 11.4 Å². The molecule has 2 aromatic carbocycles. The lowest BCUT2D eigenvalue weighted by Gasteiger charge is -2.15. The maximum absolute atomic E-state index is 14.1. The van der Waals surface area contributed by atoms with Crippen LogP contribution in [0, 0.1) is 5.82 Å². The summed E-state index contributed by atoms with van der Waals surface area (Å²) < 4.78 is 42.7. The molecule has 0 aliphatic heterocycles. The molecule has 0 radical (unpaired) electrons. The van der Waals surface area contributed by atoms with Crippen molar-refractivity contribution in [1.82, 2.24) is 24.9 Å². The molecular weight excluding hydrogens is 429 g/mol. The Bertz CT molecular complexity index is 1200. The molecule has 3 aromatic rings. The first-order valence-corrected chi connectivity index (χ1v) is 10.4. The van der Waals surface area contributed by atoms with E-state index in [4.69, 9.17) is 0 Å². The van der Waals surface area contributed by atoms with Gasteiger partial charge in [-0.15, -0.1) is 5.10 Å². The average Bonchev–Trinajstić information content (AvgIpc) is 3.24. The number of hydrogen-bond donors (Lipinski definition) is 3. The fourth-order valence-corrected chi connectivity index (χ4v) is 3.75. The van der Waals surface area contributed by atoms with E-state index in [1.54, 1.807) is 0 Å². The molecule has 0 spiro atoms. The molecule has 1 atom stereocenters. The zero-order valence-electron chi connectivity index (χ0n) is 16.4. The molecule has 0 unspecified atom stereocenters. The van der Waals surface area contributed by atoms with Crippen LogP contribution in [0.1, 0.15) is 13.8 Å². The summed E-state index contributed by atoms with van der Waals surface area (Å²) in [6, 6.07) is 8.04. The van der Waals surface area contributed by atoms with E-state index in [2.05, 4.69) is 30.9 Å². The van der Waals surface area contributed by atoms with Crippen LogP contribution in [0.3, 0.4) is 0 Å². The van der Waals surface area contributed by atoms with E-state index in [-0.39, 0.29) is 16.5 Å². The number of carbonyl (C=O) groups is 2. The molecular formula is C18H18FN7O4S. The summed E-state index contributed by atoms with van der Waals surface area (Å²) >= 11 is 0. The molecule has 0 aliphatic carbocycles. The third-order valence-electron chi connectivity index (χ3n) is 4.03. The van der Waals surface area contributed by atoms with Crippen LogP contribution in [0.15, 0.2) is 53.7 Å². The van der Waals surface area contributed by atoms with Gasteiger partial charge in [0.2, 0.25) is 21.8 Å². The van der Waals surface area contributed by atoms with E-state index in [1.807, 2.05) is 0 Å². The van der Waals surface area contributed by atoms with Crippen LogP contribution in [0.4, 0.5) is 15.8 Å². The maximum atomic E-state index is 14.1. The van der Waals surface area contributed by atoms with Gasteiger partial charge in [-0.1, -0.05) is 0 Å². The standard InChI is InChI=1S/C18H18FN7O4S/c1-11(23-31(29,30)15-6-3-13(4-7-15)21-12(2)27)18(28)22-17-9-14(5-8-16(17)19)26-10-20-24-25-26/h3-11,23H,1-2H3,(H,21,27)(H,22,28)/t11-/m0/s1. The molecule has 0 aliphatic rings. The van der Waals surface area contributed by atoms with E-state index in [1.165, 1.54) is 61.3 Å². The highest BCUT2D eigenvalue weighted by molar-refractivity contribution is 7.89. The van der Waals surface area contributed by atoms with Crippen LogP contribution in [-0.4, -0.2) is 46.5 Å². The van der Waals surface area contributed by atoms with Gasteiger partial charge in [0.25, 0.3) is 0 Å². The van der Waals surface area contributed by atoms with E-state index in [9.17, 15) is 22.4 Å². The Labute approximate surface area is 176 Å². The monoisotopic (exact) mass is 447 g/mol. The highest BCUT2D eigenvalue weighted by Crippen LogP contribution is 2.19. The summed E-state index contributed by atoms with van der Waals surface area (Å²) in [6.07, 6.45) is 1.30. The molecule has 162 valence electrons. The number of halogens is 1. The predicted molar refractivity (Wildman–Crippen MR) is 108 cm³/mol. The van der Waals surface area contributed by atoms with Crippen LogP contribution in [0.25, 0.3) is 5.69 Å². The summed E-state index contributed by atoms with van der Waals surface area (Å²) in [5.74, 6) is -1.78. The Hall–Kier alpha value is -3.71. The molecule has 1 aromatic heterocycles. The topological polar surface area (TPSA) is 148 Å². The largest absolute Gasteiger partial charge is 0.326 e. The van der Waals surface area contributed by atoms with Gasteiger partial charge in [-0.2, -0.15) is 4.72 Å². The van der Waals surface area contributed by atoms with E-state index >= 15 is 0 Å². The number of benzene rings is 2. The second-order valence-electron chi connectivity index (χ2n) is 6.46. The van der Waals surface area contributed by atoms with Crippen molar-refractivity contribution in [2.24, 2.45) is 0 Å². The third kappa shape index (κ3) is 5.46. The highest BCUT2D eigenvalue weighted by atomic mass is 32.2. The first-order chi connectivity index (χ1) is 14.7. The van der Waals surface area contributed by atoms with Crippen LogP contribution < -0.4 is 15.4 Å². The van der Waals surface area contributed by atoms with Gasteiger partial charge in [-0.25, -0.2) is 17.5 Å². The van der Waals surface area contributed by atoms with Gasteiger partial charge in [-0.05, 0) is 59.8 Å². The summed E-state index contributed by atoms with van der Waals surface area (Å²) in [7, 11) is -4.04. The molecule has 0 saturated carbocycles. The third-order valence-corrected chi connectivity index (χ3v) is 5.59. The number of amides is 2. The predicted octanol–water partition coefficient (Wildman–Crippen LogP) is 1.07. The number of hydrogen-bond acceptors (Lipinski definition) is 7. The Balaban J connectivity index is 1.70. The average molecular weight is 447 g/mol. The van der Waals surface area contributed by atoms with Gasteiger partial charge in [0.1, 0.15) is 12.1 Å². The second kappa shape index (κ2) is 8.97. The number of rotatable bonds is 7. The number of tetrazole rings is 1. The molecule has 0 fully saturated rings. The lowest BCUT2D eigenvalue weighted by molar-refractivity contribution is -0.117. The number of carbonyl (C=O) groups excluding carboxylic acids is 2. The van der Waals surface area contributed by atoms with Crippen molar-refractivity contribution in [2.45, 2.75) is 24.8 Å². The van der Waals surface area contributed by atoms with Crippen molar-refractivity contribution in [3.05, 3.63) is 54.6 Å². The normalized spacial score (nSPS) is 12.2. The van der Waals surface area contributed by atoms with Gasteiger partial charge in [0.05, 0.1) is 22.3 Å². The smallest absolute Gasteiger partial charge is 0.242 e. The van der Waals surface area contributed by atoms with Crippen LogP contribution >= 0.6 is 0 Å². The van der Waals surface area contributed by atoms with Crippen molar-refractivity contribution < 1.29 is 22.4 Å². The molecule has 13 heteroatoms. The first-order valence-electron chi connectivity index (χ1n) is 8.89. The van der Waals surface area contributed by atoms with Gasteiger partial charge in [0, 0.05) is 12.6 Å². The lowest BCUT2D eigenvalue weighted by atomic mass is 10.2. The summed E-state index contributed by atoms with van der Waals surface area (Å²) in [5.41, 5.74) is 0.660. The van der Waals surface area contributed by atoms with Crippen molar-refractivity contribution in [3.8, 4) is 5.69 Å². The minimum atomic E-state index is -4.04. The zero-order valence-corrected chi connectivity index (χ0v) is 17.2. The summed E-state index contributed by atoms with van der Waals surface area (Å²) in [4.78, 5) is 23.4. The van der Waals surface area contributed by atoms with Crippen molar-refractivity contribution in [1.29, 1.82) is 0 Å². The van der Waals surface area contributed by atoms with Crippen molar-refractivity contribution >= 4 is 33.2 Å². The Morgan fingerprint density at radius 1 is 1.10 bits per heavy atom. The van der Waals surface area contributed by atoms with E-state index < -0.39 is 27.8 Å². The van der Waals surface area contributed by atoms with Crippen molar-refractivity contribution in [2.75, 3.05) is 10.6 Å². The molecule has 0 saturated heterocycles. The zero-order chi connectivity index (χ0) is 22.6. The first kappa shape index (κ1) is 22.0. The number of aromatic nitrogens is 4. The van der Waals surface area contributed by atoms with Crippen LogP contribution in [0.5, 0.6) is 0 Å². The molecule has 3 rings (SSSR count). The van der Waals surface area contributed by atoms with Crippen LogP contribution in [-0.2, 0) is 19.6 Å². The number of nitrogens with zero attached hydrogens (tertiary/aromatic N) is 4. The maximum Gasteiger partial charge on any atom is 0.242 e. The summed E-state index contributed by atoms with van der Waals surface area (Å²) in [5, 5.41) is 15.5. The number of nitrogens with one attached hydrogen (secondary N) is 3. The number of anilines is 2. The Kier molecular flexibility index (Phi) is 6.36. The fourth-order valence-electron chi connectivity index (χ4n) is 2.55. The highest BCUT2D eigenvalue weighted by Gasteiger charge is 2.23. The molecule has 11 nitrogen and oxygen atoms in total.